The van der Waals surface area contributed by atoms with Gasteiger partial charge >= 0.3 is 0 Å². The zero-order valence-corrected chi connectivity index (χ0v) is 16.5. The molecule has 0 amide bonds. The Balaban J connectivity index is 2.21. The molecule has 1 fully saturated rings. The first kappa shape index (κ1) is 19.7. The second kappa shape index (κ2) is 8.67. The van der Waals surface area contributed by atoms with Crippen LogP contribution in [-0.4, -0.2) is 24.9 Å². The molecule has 1 N–H and O–H groups in total. The van der Waals surface area contributed by atoms with Crippen LogP contribution in [0.5, 0.6) is 0 Å². The van der Waals surface area contributed by atoms with E-state index in [1.54, 1.807) is 12.7 Å². The standard InChI is InChI=1S/C22H38O2/c1-6-7-17(3)22(4,12-10-16(2)11-13-24-5)20-14-18-8-9-19(20)21(23)15-18/h11,14,17-19,21,23H,6-10,12-13,15H2,1-5H3/b16-11+/t17-,18+,19-,21+,22+/m1/s1. The maximum atomic E-state index is 10.6. The molecular weight excluding hydrogens is 296 g/mol. The van der Waals surface area contributed by atoms with Crippen LogP contribution >= 0.6 is 0 Å². The van der Waals surface area contributed by atoms with Crippen LogP contribution in [0.15, 0.2) is 23.3 Å². The van der Waals surface area contributed by atoms with Gasteiger partial charge in [0.05, 0.1) is 12.7 Å². The molecule has 0 aromatic heterocycles. The van der Waals surface area contributed by atoms with Crippen LogP contribution < -0.4 is 0 Å². The van der Waals surface area contributed by atoms with Gasteiger partial charge in [0.25, 0.3) is 0 Å². The summed E-state index contributed by atoms with van der Waals surface area (Å²) in [7, 11) is 1.75. The largest absolute Gasteiger partial charge is 0.392 e. The van der Waals surface area contributed by atoms with Crippen molar-refractivity contribution in [2.45, 2.75) is 78.7 Å². The third-order valence-corrected chi connectivity index (χ3v) is 6.78. The van der Waals surface area contributed by atoms with Crippen LogP contribution in [0.25, 0.3) is 0 Å². The first-order valence-electron chi connectivity index (χ1n) is 9.97. The minimum atomic E-state index is -0.109. The van der Waals surface area contributed by atoms with Gasteiger partial charge in [-0.1, -0.05) is 56.9 Å². The summed E-state index contributed by atoms with van der Waals surface area (Å²) < 4.78 is 5.18. The topological polar surface area (TPSA) is 29.5 Å². The Kier molecular flexibility index (Phi) is 7.12. The van der Waals surface area contributed by atoms with Crippen LogP contribution in [-0.2, 0) is 4.74 Å². The highest BCUT2D eigenvalue weighted by molar-refractivity contribution is 5.26. The molecule has 138 valence electrons. The number of allylic oxidation sites excluding steroid dienone is 2. The van der Waals surface area contributed by atoms with Gasteiger partial charge in [-0.2, -0.15) is 0 Å². The highest BCUT2D eigenvalue weighted by atomic mass is 16.5. The highest BCUT2D eigenvalue weighted by Crippen LogP contribution is 2.53. The molecule has 0 aromatic carbocycles. The van der Waals surface area contributed by atoms with Crippen molar-refractivity contribution >= 4 is 0 Å². The summed E-state index contributed by atoms with van der Waals surface area (Å²) in [5.41, 5.74) is 3.22. The average molecular weight is 335 g/mol. The molecule has 0 radical (unpaired) electrons. The second-order valence-corrected chi connectivity index (χ2v) is 8.48. The van der Waals surface area contributed by atoms with Crippen LogP contribution in [0.2, 0.25) is 0 Å². The van der Waals surface area contributed by atoms with Crippen LogP contribution in [0.1, 0.15) is 72.6 Å². The first-order valence-corrected chi connectivity index (χ1v) is 9.97. The Bertz CT molecular complexity index is 465. The Morgan fingerprint density at radius 1 is 1.46 bits per heavy atom. The number of aliphatic hydroxyl groups is 1. The lowest BCUT2D eigenvalue weighted by molar-refractivity contribution is 0.0371. The van der Waals surface area contributed by atoms with E-state index in [4.69, 9.17) is 4.74 Å². The van der Waals surface area contributed by atoms with E-state index in [1.165, 1.54) is 37.7 Å². The van der Waals surface area contributed by atoms with Crippen molar-refractivity contribution in [3.05, 3.63) is 23.3 Å². The molecule has 2 bridgehead atoms. The van der Waals surface area contributed by atoms with Crippen molar-refractivity contribution in [3.8, 4) is 0 Å². The number of fused-ring (bicyclic) bond motifs is 2. The van der Waals surface area contributed by atoms with Crippen molar-refractivity contribution in [2.24, 2.45) is 23.2 Å². The molecule has 0 heterocycles. The number of rotatable bonds is 9. The van der Waals surface area contributed by atoms with E-state index in [0.717, 1.165) is 12.8 Å². The smallest absolute Gasteiger partial charge is 0.0646 e. The van der Waals surface area contributed by atoms with Gasteiger partial charge in [-0.3, -0.25) is 0 Å². The molecule has 0 unspecified atom stereocenters. The molecule has 2 nitrogen and oxygen atoms in total. The van der Waals surface area contributed by atoms with E-state index in [-0.39, 0.29) is 11.5 Å². The third kappa shape index (κ3) is 4.32. The number of hydrogen-bond acceptors (Lipinski definition) is 2. The van der Waals surface area contributed by atoms with Gasteiger partial charge in [0.2, 0.25) is 0 Å². The maximum absolute atomic E-state index is 10.6. The van der Waals surface area contributed by atoms with Crippen molar-refractivity contribution in [2.75, 3.05) is 13.7 Å². The average Bonchev–Trinajstić information content (AvgIpc) is 2.58. The molecule has 0 saturated heterocycles. The van der Waals surface area contributed by atoms with Crippen molar-refractivity contribution < 1.29 is 9.84 Å². The summed E-state index contributed by atoms with van der Waals surface area (Å²) in [6, 6.07) is 0. The summed E-state index contributed by atoms with van der Waals surface area (Å²) >= 11 is 0. The lowest BCUT2D eigenvalue weighted by Gasteiger charge is -2.49. The summed E-state index contributed by atoms with van der Waals surface area (Å²) in [4.78, 5) is 0. The summed E-state index contributed by atoms with van der Waals surface area (Å²) in [6.45, 7) is 10.1. The van der Waals surface area contributed by atoms with E-state index in [0.29, 0.717) is 24.4 Å². The fourth-order valence-corrected chi connectivity index (χ4v) is 4.90. The lowest BCUT2D eigenvalue weighted by atomic mass is 9.57. The molecule has 3 aliphatic rings. The SMILES string of the molecule is CCC[C@@H](C)[C@](C)(CC/C(C)=C/COC)C1=C[C@@H]2CC[C@H]1[C@@H](O)C2. The van der Waals surface area contributed by atoms with Crippen LogP contribution in [0.4, 0.5) is 0 Å². The van der Waals surface area contributed by atoms with Crippen LogP contribution in [0.3, 0.4) is 0 Å². The Labute approximate surface area is 149 Å². The van der Waals surface area contributed by atoms with Crippen LogP contribution in [0, 0.1) is 23.2 Å². The van der Waals surface area contributed by atoms with Gasteiger partial charge in [-0.25, -0.2) is 0 Å². The van der Waals surface area contributed by atoms with Gasteiger partial charge in [0, 0.05) is 13.0 Å². The molecule has 3 aliphatic carbocycles. The molecule has 0 spiro atoms. The maximum Gasteiger partial charge on any atom is 0.0646 e. The first-order chi connectivity index (χ1) is 11.4. The highest BCUT2D eigenvalue weighted by Gasteiger charge is 2.45. The number of methoxy groups -OCH3 is 1. The van der Waals surface area contributed by atoms with E-state index in [2.05, 4.69) is 39.8 Å². The number of aliphatic hydroxyl groups excluding tert-OH is 1. The molecule has 5 atom stereocenters. The Hall–Kier alpha value is -0.600. The zero-order valence-electron chi connectivity index (χ0n) is 16.5. The Morgan fingerprint density at radius 3 is 2.79 bits per heavy atom. The number of hydrogen-bond donors (Lipinski definition) is 1. The van der Waals surface area contributed by atoms with Gasteiger partial charge in [-0.05, 0) is 56.3 Å². The fraction of sp³-hybridized carbons (Fsp3) is 0.818. The summed E-state index contributed by atoms with van der Waals surface area (Å²) in [5, 5.41) is 10.6. The predicted molar refractivity (Wildman–Crippen MR) is 102 cm³/mol. The molecular formula is C22H38O2. The second-order valence-electron chi connectivity index (χ2n) is 8.48. The minimum Gasteiger partial charge on any atom is -0.392 e. The molecule has 1 saturated carbocycles. The normalized spacial score (nSPS) is 30.8. The summed E-state index contributed by atoms with van der Waals surface area (Å²) in [6.07, 6.45) is 12.9. The fourth-order valence-electron chi connectivity index (χ4n) is 4.90. The van der Waals surface area contributed by atoms with Crippen molar-refractivity contribution in [3.63, 3.8) is 0 Å². The molecule has 24 heavy (non-hydrogen) atoms. The molecule has 3 rings (SSSR count). The molecule has 0 aliphatic heterocycles. The summed E-state index contributed by atoms with van der Waals surface area (Å²) in [5.74, 6) is 1.68. The molecule has 2 heteroatoms. The zero-order chi connectivity index (χ0) is 17.7. The Morgan fingerprint density at radius 2 is 2.21 bits per heavy atom. The van der Waals surface area contributed by atoms with Gasteiger partial charge in [-0.15, -0.1) is 0 Å². The quantitative estimate of drug-likeness (QED) is 0.563. The minimum absolute atomic E-state index is 0.109. The van der Waals surface area contributed by atoms with Gasteiger partial charge < -0.3 is 9.84 Å². The third-order valence-electron chi connectivity index (χ3n) is 6.78. The number of ether oxygens (including phenoxy) is 1. The monoisotopic (exact) mass is 334 g/mol. The van der Waals surface area contributed by atoms with E-state index in [1.807, 2.05) is 0 Å². The van der Waals surface area contributed by atoms with E-state index < -0.39 is 0 Å². The van der Waals surface area contributed by atoms with Crippen molar-refractivity contribution in [1.29, 1.82) is 0 Å². The van der Waals surface area contributed by atoms with Gasteiger partial charge in [0.1, 0.15) is 0 Å². The van der Waals surface area contributed by atoms with Crippen molar-refractivity contribution in [1.82, 2.24) is 0 Å². The predicted octanol–water partition coefficient (Wildman–Crippen LogP) is 5.52. The van der Waals surface area contributed by atoms with E-state index in [9.17, 15) is 5.11 Å². The van der Waals surface area contributed by atoms with E-state index >= 15 is 0 Å². The van der Waals surface area contributed by atoms with Gasteiger partial charge in [0.15, 0.2) is 0 Å². The lowest BCUT2D eigenvalue weighted by Crippen LogP contribution is -2.42. The molecule has 0 aromatic rings.